The number of carboxylic acid groups (broad SMARTS) is 1. The van der Waals surface area contributed by atoms with Crippen molar-refractivity contribution in [2.24, 2.45) is 0 Å². The average Bonchev–Trinajstić information content (AvgIpc) is 2.96. The third kappa shape index (κ3) is 3.56. The number of likely N-dealkylation sites (tertiary alicyclic amines) is 1. The van der Waals surface area contributed by atoms with Gasteiger partial charge in [-0.1, -0.05) is 30.1 Å². The Labute approximate surface area is 162 Å². The fourth-order valence-corrected chi connectivity index (χ4v) is 4.28. The lowest BCUT2D eigenvalue weighted by atomic mass is 9.96. The number of benzene rings is 1. The fourth-order valence-electron chi connectivity index (χ4n) is 3.79. The Balaban J connectivity index is 1.91. The molecule has 26 heavy (non-hydrogen) atoms. The Morgan fingerprint density at radius 2 is 2.00 bits per heavy atom. The van der Waals surface area contributed by atoms with Crippen LogP contribution < -0.4 is 0 Å². The van der Waals surface area contributed by atoms with E-state index in [-0.39, 0.29) is 17.2 Å². The zero-order chi connectivity index (χ0) is 18.9. The van der Waals surface area contributed by atoms with Crippen LogP contribution in [0.3, 0.4) is 0 Å². The quantitative estimate of drug-likeness (QED) is 0.840. The SMILES string of the molecule is CCCN1CCC2(CC1)OCC(C(=O)O)N2C(=O)c1ccc(Cl)cc1Cl. The van der Waals surface area contributed by atoms with Crippen molar-refractivity contribution in [2.45, 2.75) is 38.0 Å². The molecule has 6 nitrogen and oxygen atoms in total. The summed E-state index contributed by atoms with van der Waals surface area (Å²) in [5.41, 5.74) is -0.656. The van der Waals surface area contributed by atoms with Gasteiger partial charge in [0.05, 0.1) is 17.2 Å². The molecule has 3 rings (SSSR count). The van der Waals surface area contributed by atoms with E-state index in [9.17, 15) is 14.7 Å². The van der Waals surface area contributed by atoms with Crippen LogP contribution in [0.1, 0.15) is 36.5 Å². The second-order valence-electron chi connectivity index (χ2n) is 6.75. The predicted octanol–water partition coefficient (Wildman–Crippen LogP) is 3.12. The van der Waals surface area contributed by atoms with Crippen LogP contribution in [0.25, 0.3) is 0 Å². The van der Waals surface area contributed by atoms with Gasteiger partial charge >= 0.3 is 5.97 Å². The highest BCUT2D eigenvalue weighted by atomic mass is 35.5. The van der Waals surface area contributed by atoms with Crippen molar-refractivity contribution in [3.63, 3.8) is 0 Å². The third-order valence-electron chi connectivity index (χ3n) is 5.10. The molecule has 0 aromatic heterocycles. The summed E-state index contributed by atoms with van der Waals surface area (Å²) in [6.45, 7) is 4.61. The first kappa shape index (κ1) is 19.4. The number of hydrogen-bond donors (Lipinski definition) is 1. The Hall–Kier alpha value is -1.34. The van der Waals surface area contributed by atoms with Crippen molar-refractivity contribution in [3.8, 4) is 0 Å². The van der Waals surface area contributed by atoms with Crippen LogP contribution in [0.5, 0.6) is 0 Å². The van der Waals surface area contributed by atoms with Crippen LogP contribution in [-0.2, 0) is 9.53 Å². The number of halogens is 2. The van der Waals surface area contributed by atoms with E-state index in [4.69, 9.17) is 27.9 Å². The molecule has 0 aliphatic carbocycles. The van der Waals surface area contributed by atoms with Crippen LogP contribution in [0.4, 0.5) is 0 Å². The molecule has 0 radical (unpaired) electrons. The number of aliphatic carboxylic acids is 1. The second-order valence-corrected chi connectivity index (χ2v) is 7.60. The largest absolute Gasteiger partial charge is 0.480 e. The van der Waals surface area contributed by atoms with Crippen molar-refractivity contribution >= 4 is 35.1 Å². The zero-order valence-corrected chi connectivity index (χ0v) is 16.1. The van der Waals surface area contributed by atoms with Crippen LogP contribution in [-0.4, -0.2) is 64.8 Å². The Morgan fingerprint density at radius 1 is 1.31 bits per heavy atom. The van der Waals surface area contributed by atoms with Crippen molar-refractivity contribution in [1.82, 2.24) is 9.80 Å². The average molecular weight is 401 g/mol. The summed E-state index contributed by atoms with van der Waals surface area (Å²) >= 11 is 12.1. The van der Waals surface area contributed by atoms with Crippen LogP contribution in [0, 0.1) is 0 Å². The fraction of sp³-hybridized carbons (Fsp3) is 0.556. The van der Waals surface area contributed by atoms with Gasteiger partial charge in [-0.15, -0.1) is 0 Å². The molecule has 1 unspecified atom stereocenters. The molecule has 2 heterocycles. The number of ether oxygens (including phenoxy) is 1. The van der Waals surface area contributed by atoms with E-state index < -0.39 is 23.6 Å². The standard InChI is InChI=1S/C18H22Cl2N2O4/c1-2-7-21-8-5-18(6-9-21)22(15(11-26-18)17(24)25)16(23)13-4-3-12(19)10-14(13)20/h3-4,10,15H,2,5-9,11H2,1H3,(H,24,25). The van der Waals surface area contributed by atoms with E-state index in [0.29, 0.717) is 17.9 Å². The highest BCUT2D eigenvalue weighted by molar-refractivity contribution is 6.36. The first-order valence-corrected chi connectivity index (χ1v) is 9.51. The van der Waals surface area contributed by atoms with E-state index in [2.05, 4.69) is 11.8 Å². The monoisotopic (exact) mass is 400 g/mol. The van der Waals surface area contributed by atoms with Crippen LogP contribution in [0.2, 0.25) is 10.0 Å². The first-order chi connectivity index (χ1) is 12.4. The molecule has 2 aliphatic heterocycles. The maximum absolute atomic E-state index is 13.2. The Kier molecular flexibility index (Phi) is 5.77. The van der Waals surface area contributed by atoms with Gasteiger partial charge in [-0.05, 0) is 31.2 Å². The van der Waals surface area contributed by atoms with E-state index >= 15 is 0 Å². The summed E-state index contributed by atoms with van der Waals surface area (Å²) in [6, 6.07) is 3.57. The lowest BCUT2D eigenvalue weighted by Gasteiger charge is -2.44. The molecule has 0 saturated carbocycles. The normalized spacial score (nSPS) is 22.7. The molecule has 142 valence electrons. The van der Waals surface area contributed by atoms with E-state index in [1.807, 2.05) is 0 Å². The number of hydrogen-bond acceptors (Lipinski definition) is 4. The molecule has 2 aliphatic rings. The number of carboxylic acids is 1. The van der Waals surface area contributed by atoms with Gasteiger partial charge in [-0.3, -0.25) is 9.69 Å². The molecule has 1 amide bonds. The summed E-state index contributed by atoms with van der Waals surface area (Å²) in [5.74, 6) is -1.50. The van der Waals surface area contributed by atoms with Gasteiger partial charge in [0.1, 0.15) is 5.72 Å². The molecular weight excluding hydrogens is 379 g/mol. The second kappa shape index (κ2) is 7.72. The molecular formula is C18H22Cl2N2O4. The molecule has 1 N–H and O–H groups in total. The summed E-state index contributed by atoms with van der Waals surface area (Å²) in [5, 5.41) is 10.2. The van der Waals surface area contributed by atoms with Gasteiger partial charge in [-0.2, -0.15) is 0 Å². The van der Waals surface area contributed by atoms with E-state index in [1.54, 1.807) is 6.07 Å². The highest BCUT2D eigenvalue weighted by Crippen LogP contribution is 2.39. The maximum Gasteiger partial charge on any atom is 0.328 e. The number of carbonyl (C=O) groups excluding carboxylic acids is 1. The molecule has 2 fully saturated rings. The number of nitrogens with zero attached hydrogens (tertiary/aromatic N) is 2. The Morgan fingerprint density at radius 3 is 2.58 bits per heavy atom. The number of amides is 1. The van der Waals surface area contributed by atoms with Gasteiger partial charge in [0, 0.05) is 31.0 Å². The van der Waals surface area contributed by atoms with Gasteiger partial charge in [-0.25, -0.2) is 4.79 Å². The number of rotatable bonds is 4. The number of piperidine rings is 1. The van der Waals surface area contributed by atoms with E-state index in [0.717, 1.165) is 26.1 Å². The lowest BCUT2D eigenvalue weighted by Crippen LogP contribution is -2.58. The topological polar surface area (TPSA) is 70.1 Å². The molecule has 1 atom stereocenters. The van der Waals surface area contributed by atoms with Crippen LogP contribution in [0.15, 0.2) is 18.2 Å². The van der Waals surface area contributed by atoms with Gasteiger partial charge < -0.3 is 14.7 Å². The summed E-state index contributed by atoms with van der Waals surface area (Å²) in [4.78, 5) is 28.6. The molecule has 1 aromatic carbocycles. The van der Waals surface area contributed by atoms with Crippen molar-refractivity contribution < 1.29 is 19.4 Å². The lowest BCUT2D eigenvalue weighted by molar-refractivity contribution is -0.143. The van der Waals surface area contributed by atoms with Crippen molar-refractivity contribution in [2.75, 3.05) is 26.2 Å². The minimum Gasteiger partial charge on any atom is -0.480 e. The van der Waals surface area contributed by atoms with Gasteiger partial charge in [0.25, 0.3) is 5.91 Å². The smallest absolute Gasteiger partial charge is 0.328 e. The summed E-state index contributed by atoms with van der Waals surface area (Å²) in [7, 11) is 0. The van der Waals surface area contributed by atoms with Crippen LogP contribution >= 0.6 is 23.2 Å². The first-order valence-electron chi connectivity index (χ1n) is 8.76. The molecule has 8 heteroatoms. The molecule has 1 aromatic rings. The maximum atomic E-state index is 13.2. The highest BCUT2D eigenvalue weighted by Gasteiger charge is 2.54. The molecule has 0 bridgehead atoms. The van der Waals surface area contributed by atoms with Crippen molar-refractivity contribution in [3.05, 3.63) is 33.8 Å². The van der Waals surface area contributed by atoms with Gasteiger partial charge in [0.2, 0.25) is 0 Å². The minimum absolute atomic E-state index is 0.0138. The summed E-state index contributed by atoms with van der Waals surface area (Å²) in [6.07, 6.45) is 2.20. The Bertz CT molecular complexity index is 704. The third-order valence-corrected chi connectivity index (χ3v) is 5.65. The van der Waals surface area contributed by atoms with Crippen molar-refractivity contribution in [1.29, 1.82) is 0 Å². The molecule has 1 spiro atoms. The number of carbonyl (C=O) groups is 2. The summed E-state index contributed by atoms with van der Waals surface area (Å²) < 4.78 is 5.93. The van der Waals surface area contributed by atoms with Gasteiger partial charge in [0.15, 0.2) is 6.04 Å². The van der Waals surface area contributed by atoms with E-state index in [1.165, 1.54) is 17.0 Å². The predicted molar refractivity (Wildman–Crippen MR) is 98.7 cm³/mol. The minimum atomic E-state index is -1.07. The molecule has 2 saturated heterocycles. The zero-order valence-electron chi connectivity index (χ0n) is 14.6.